The predicted molar refractivity (Wildman–Crippen MR) is 218 cm³/mol. The Hall–Kier alpha value is -6.91. The highest BCUT2D eigenvalue weighted by Crippen LogP contribution is 2.39. The number of hydrogen-bond donors (Lipinski definition) is 0. The van der Waals surface area contributed by atoms with Gasteiger partial charge in [-0.1, -0.05) is 152 Å². The van der Waals surface area contributed by atoms with Crippen molar-refractivity contribution in [2.75, 3.05) is 0 Å². The molecule has 0 amide bonds. The summed E-state index contributed by atoms with van der Waals surface area (Å²) in [6.45, 7) is 0. The molecule has 0 unspecified atom stereocenters. The second kappa shape index (κ2) is 13.0. The Balaban J connectivity index is 1.09. The maximum atomic E-state index is 6.54. The van der Waals surface area contributed by atoms with Crippen molar-refractivity contribution in [2.24, 2.45) is 0 Å². The van der Waals surface area contributed by atoms with Gasteiger partial charge in [0, 0.05) is 27.5 Å². The van der Waals surface area contributed by atoms with Gasteiger partial charge >= 0.3 is 0 Å². The molecular formula is C49H33N3O. The Morgan fingerprint density at radius 3 is 1.85 bits per heavy atom. The molecule has 4 heteroatoms. The van der Waals surface area contributed by atoms with Crippen molar-refractivity contribution in [3.8, 4) is 56.4 Å². The maximum Gasteiger partial charge on any atom is 0.164 e. The fourth-order valence-electron chi connectivity index (χ4n) is 7.40. The van der Waals surface area contributed by atoms with E-state index < -0.39 is 0 Å². The van der Waals surface area contributed by atoms with Crippen molar-refractivity contribution >= 4 is 38.3 Å². The molecule has 0 fully saturated rings. The third-order valence-corrected chi connectivity index (χ3v) is 10.2. The Kier molecular flexibility index (Phi) is 7.58. The highest BCUT2D eigenvalue weighted by atomic mass is 16.3. The van der Waals surface area contributed by atoms with Crippen molar-refractivity contribution in [1.82, 2.24) is 15.0 Å². The second-order valence-electron chi connectivity index (χ2n) is 13.5. The van der Waals surface area contributed by atoms with Crippen LogP contribution in [0.3, 0.4) is 0 Å². The molecule has 1 aliphatic rings. The van der Waals surface area contributed by atoms with Gasteiger partial charge in [0.2, 0.25) is 0 Å². The minimum Gasteiger partial charge on any atom is -0.456 e. The van der Waals surface area contributed by atoms with Gasteiger partial charge in [-0.15, -0.1) is 0 Å². The Labute approximate surface area is 307 Å². The number of aromatic nitrogens is 3. The molecule has 1 aliphatic carbocycles. The van der Waals surface area contributed by atoms with E-state index in [0.717, 1.165) is 68.0 Å². The summed E-state index contributed by atoms with van der Waals surface area (Å²) in [5.74, 6) is 1.86. The summed E-state index contributed by atoms with van der Waals surface area (Å²) in [6.07, 6.45) is 8.90. The molecule has 10 rings (SSSR count). The van der Waals surface area contributed by atoms with Crippen LogP contribution >= 0.6 is 0 Å². The van der Waals surface area contributed by atoms with Crippen molar-refractivity contribution in [2.45, 2.75) is 12.8 Å². The van der Waals surface area contributed by atoms with E-state index in [1.807, 2.05) is 18.2 Å². The van der Waals surface area contributed by atoms with E-state index >= 15 is 0 Å². The van der Waals surface area contributed by atoms with Crippen molar-refractivity contribution in [3.63, 3.8) is 0 Å². The molecule has 2 aromatic heterocycles. The van der Waals surface area contributed by atoms with E-state index in [4.69, 9.17) is 19.4 Å². The number of hydrogen-bond acceptors (Lipinski definition) is 4. The predicted octanol–water partition coefficient (Wildman–Crippen LogP) is 13.0. The first-order chi connectivity index (χ1) is 26.2. The van der Waals surface area contributed by atoms with Gasteiger partial charge in [0.15, 0.2) is 17.5 Å². The zero-order valence-electron chi connectivity index (χ0n) is 28.9. The largest absolute Gasteiger partial charge is 0.456 e. The lowest BCUT2D eigenvalue weighted by molar-refractivity contribution is 0.669. The van der Waals surface area contributed by atoms with Crippen LogP contribution in [0.2, 0.25) is 0 Å². The van der Waals surface area contributed by atoms with Crippen LogP contribution in [0.4, 0.5) is 0 Å². The first-order valence-electron chi connectivity index (χ1n) is 18.1. The lowest BCUT2D eigenvalue weighted by Gasteiger charge is -2.11. The maximum absolute atomic E-state index is 6.54. The van der Waals surface area contributed by atoms with Gasteiger partial charge in [0.1, 0.15) is 11.2 Å². The molecule has 0 radical (unpaired) electrons. The number of nitrogens with zero attached hydrogens (tertiary/aromatic N) is 3. The molecule has 0 aliphatic heterocycles. The fourth-order valence-corrected chi connectivity index (χ4v) is 7.40. The minimum atomic E-state index is 0.606. The molecule has 9 aromatic rings. The average Bonchev–Trinajstić information content (AvgIpc) is 3.62. The van der Waals surface area contributed by atoms with Crippen molar-refractivity contribution < 1.29 is 4.42 Å². The van der Waals surface area contributed by atoms with Crippen LogP contribution in [0.15, 0.2) is 180 Å². The molecule has 4 nitrogen and oxygen atoms in total. The molecule has 0 bridgehead atoms. The number of allylic oxidation sites excluding steroid dienone is 4. The van der Waals surface area contributed by atoms with Crippen LogP contribution in [0, 0.1) is 0 Å². The third-order valence-electron chi connectivity index (χ3n) is 10.2. The van der Waals surface area contributed by atoms with Crippen molar-refractivity contribution in [3.05, 3.63) is 182 Å². The molecule has 250 valence electrons. The number of benzene rings is 7. The zero-order chi connectivity index (χ0) is 35.1. The Morgan fingerprint density at radius 2 is 1.06 bits per heavy atom. The molecule has 0 atom stereocenters. The van der Waals surface area contributed by atoms with Crippen LogP contribution in [0.1, 0.15) is 18.4 Å². The van der Waals surface area contributed by atoms with Gasteiger partial charge in [-0.3, -0.25) is 0 Å². The van der Waals surface area contributed by atoms with Crippen molar-refractivity contribution in [1.29, 1.82) is 0 Å². The molecular weight excluding hydrogens is 647 g/mol. The molecule has 0 spiro atoms. The van der Waals surface area contributed by atoms with Crippen LogP contribution in [0.25, 0.3) is 94.7 Å². The summed E-state index contributed by atoms with van der Waals surface area (Å²) < 4.78 is 6.54. The highest BCUT2D eigenvalue weighted by molar-refractivity contribution is 6.12. The first-order valence-corrected chi connectivity index (χ1v) is 18.1. The summed E-state index contributed by atoms with van der Waals surface area (Å²) in [4.78, 5) is 15.4. The van der Waals surface area contributed by atoms with Crippen LogP contribution in [-0.4, -0.2) is 15.0 Å². The summed E-state index contributed by atoms with van der Waals surface area (Å²) in [5, 5.41) is 4.32. The lowest BCUT2D eigenvalue weighted by atomic mass is 9.98. The van der Waals surface area contributed by atoms with Crippen LogP contribution in [-0.2, 0) is 0 Å². The van der Waals surface area contributed by atoms with E-state index in [0.29, 0.717) is 17.5 Å². The summed E-state index contributed by atoms with van der Waals surface area (Å²) in [6, 6.07) is 55.0. The SMILES string of the molecule is C1=CC(c2ccc(-c3nc(-c4ccc5ccccc5c4)nc(-c4cccc5oc6cc(-c7ccc(-c8ccccc8)cc7)ccc6c45)n3)cc2)=CCC1. The summed E-state index contributed by atoms with van der Waals surface area (Å²) in [7, 11) is 0. The monoisotopic (exact) mass is 679 g/mol. The van der Waals surface area contributed by atoms with Gasteiger partial charge in [-0.25, -0.2) is 15.0 Å². The smallest absolute Gasteiger partial charge is 0.164 e. The topological polar surface area (TPSA) is 51.8 Å². The molecule has 53 heavy (non-hydrogen) atoms. The number of fused-ring (bicyclic) bond motifs is 4. The van der Waals surface area contributed by atoms with Gasteiger partial charge in [0.25, 0.3) is 0 Å². The quantitative estimate of drug-likeness (QED) is 0.175. The van der Waals surface area contributed by atoms with E-state index in [9.17, 15) is 0 Å². The molecule has 7 aromatic carbocycles. The molecule has 2 heterocycles. The van der Waals surface area contributed by atoms with Gasteiger partial charge in [-0.05, 0) is 81.3 Å². The highest BCUT2D eigenvalue weighted by Gasteiger charge is 2.19. The van der Waals surface area contributed by atoms with E-state index in [1.54, 1.807) is 0 Å². The Bertz CT molecular complexity index is 2870. The molecule has 0 N–H and O–H groups in total. The first kappa shape index (κ1) is 30.9. The third kappa shape index (κ3) is 5.81. The molecule has 0 saturated heterocycles. The lowest BCUT2D eigenvalue weighted by Crippen LogP contribution is -2.00. The number of furan rings is 1. The van der Waals surface area contributed by atoms with E-state index in [2.05, 4.69) is 158 Å². The van der Waals surface area contributed by atoms with Crippen LogP contribution < -0.4 is 0 Å². The second-order valence-corrected chi connectivity index (χ2v) is 13.5. The fraction of sp³-hybridized carbons (Fsp3) is 0.0408. The average molecular weight is 680 g/mol. The van der Waals surface area contributed by atoms with E-state index in [-0.39, 0.29) is 0 Å². The molecule has 0 saturated carbocycles. The minimum absolute atomic E-state index is 0.606. The normalized spacial score (nSPS) is 12.8. The Morgan fingerprint density at radius 1 is 0.415 bits per heavy atom. The van der Waals surface area contributed by atoms with Gasteiger partial charge in [0.05, 0.1) is 0 Å². The van der Waals surface area contributed by atoms with E-state index in [1.165, 1.54) is 27.6 Å². The standard InChI is InChI=1S/C49H33N3O/c1-3-10-32(11-4-1)35-18-20-37(21-19-35)40-28-29-42-45(31-40)53-44-17-9-16-43(46(42)44)49-51-47(38-25-22-36(23-26-38)33-12-5-2-6-13-33)50-48(52-49)41-27-24-34-14-7-8-15-39(34)30-41/h1,3-5,7-31H,2,6H2. The van der Waals surface area contributed by atoms with Crippen LogP contribution in [0.5, 0.6) is 0 Å². The summed E-state index contributed by atoms with van der Waals surface area (Å²) in [5.41, 5.74) is 11.5. The number of rotatable bonds is 6. The van der Waals surface area contributed by atoms with Gasteiger partial charge < -0.3 is 4.42 Å². The van der Waals surface area contributed by atoms with Gasteiger partial charge in [-0.2, -0.15) is 0 Å². The summed E-state index contributed by atoms with van der Waals surface area (Å²) >= 11 is 0. The zero-order valence-corrected chi connectivity index (χ0v) is 28.9.